The van der Waals surface area contributed by atoms with Crippen molar-refractivity contribution in [2.45, 2.75) is 24.3 Å². The van der Waals surface area contributed by atoms with Crippen LogP contribution in [0.1, 0.15) is 17.5 Å². The number of sulfonamides is 1. The molecule has 1 fully saturated rings. The van der Waals surface area contributed by atoms with Crippen LogP contribution in [0.2, 0.25) is 0 Å². The van der Waals surface area contributed by atoms with Gasteiger partial charge >= 0.3 is 0 Å². The van der Waals surface area contributed by atoms with Crippen LogP contribution in [0.25, 0.3) is 0 Å². The number of nitrogens with one attached hydrogen (secondary N) is 2. The zero-order valence-electron chi connectivity index (χ0n) is 24.6. The first-order valence-electron chi connectivity index (χ1n) is 13.9. The van der Waals surface area contributed by atoms with Crippen molar-refractivity contribution in [2.24, 2.45) is 0 Å². The van der Waals surface area contributed by atoms with Crippen LogP contribution in [0.15, 0.2) is 47.4 Å². The fraction of sp³-hybridized carbons (Fsp3) is 0.552. The van der Waals surface area contributed by atoms with Gasteiger partial charge in [0.05, 0.1) is 5.69 Å². The third-order valence-electron chi connectivity index (χ3n) is 7.08. The molecule has 2 aromatic rings. The fourth-order valence-electron chi connectivity index (χ4n) is 4.83. The number of hydrogen-bond acceptors (Lipinski definition) is 8. The van der Waals surface area contributed by atoms with E-state index in [1.165, 1.54) is 29.5 Å². The Bertz CT molecular complexity index is 1200. The van der Waals surface area contributed by atoms with E-state index in [2.05, 4.69) is 56.6 Å². The molecule has 40 heavy (non-hydrogen) atoms. The molecule has 222 valence electrons. The minimum Gasteiger partial charge on any atom is -0.482 e. The number of fused-ring (bicyclic) bond motifs is 1. The summed E-state index contributed by atoms with van der Waals surface area (Å²) in [6.07, 6.45) is 1.90. The van der Waals surface area contributed by atoms with Crippen molar-refractivity contribution in [3.63, 3.8) is 0 Å². The number of hydrogen-bond donors (Lipinski definition) is 2. The molecule has 2 heterocycles. The van der Waals surface area contributed by atoms with Crippen LogP contribution >= 0.6 is 0 Å². The van der Waals surface area contributed by atoms with E-state index in [1.807, 2.05) is 20.2 Å². The zero-order valence-corrected chi connectivity index (χ0v) is 25.5. The fourth-order valence-corrected chi connectivity index (χ4v) is 6.03. The molecule has 0 spiro atoms. The van der Waals surface area contributed by atoms with E-state index in [-0.39, 0.29) is 23.2 Å². The lowest BCUT2D eigenvalue weighted by atomic mass is 10.00. The summed E-state index contributed by atoms with van der Waals surface area (Å²) in [5.74, 6) is -0.0607. The molecule has 4 rings (SSSR count). The number of anilines is 1. The Balaban J connectivity index is 0.00000141. The van der Waals surface area contributed by atoms with Crippen molar-refractivity contribution >= 4 is 21.6 Å². The van der Waals surface area contributed by atoms with Gasteiger partial charge in [0.25, 0.3) is 5.91 Å². The average molecular weight is 575 g/mol. The van der Waals surface area contributed by atoms with Crippen molar-refractivity contribution in [3.05, 3.63) is 53.6 Å². The number of carbonyl (C=O) groups is 1. The molecule has 2 aliphatic heterocycles. The molecule has 2 aromatic carbocycles. The van der Waals surface area contributed by atoms with Gasteiger partial charge in [0.1, 0.15) is 10.6 Å². The Morgan fingerprint density at radius 3 is 2.33 bits per heavy atom. The number of carbonyl (C=O) groups excluding carboxylic acids is 1. The van der Waals surface area contributed by atoms with Crippen LogP contribution in [-0.4, -0.2) is 116 Å². The molecular weight excluding hydrogens is 528 g/mol. The summed E-state index contributed by atoms with van der Waals surface area (Å²) >= 11 is 0. The van der Waals surface area contributed by atoms with Crippen LogP contribution < -0.4 is 20.3 Å². The molecule has 10 nitrogen and oxygen atoms in total. The molecule has 0 saturated carbocycles. The van der Waals surface area contributed by atoms with Gasteiger partial charge in [-0.25, -0.2) is 12.7 Å². The molecule has 0 aromatic heterocycles. The molecule has 2 aliphatic rings. The summed E-state index contributed by atoms with van der Waals surface area (Å²) in [6, 6.07) is 13.8. The molecule has 0 radical (unpaired) electrons. The maximum atomic E-state index is 13.3. The van der Waals surface area contributed by atoms with Crippen molar-refractivity contribution in [1.29, 1.82) is 0 Å². The van der Waals surface area contributed by atoms with Gasteiger partial charge in [-0.15, -0.1) is 0 Å². The largest absolute Gasteiger partial charge is 0.482 e. The Morgan fingerprint density at radius 1 is 0.975 bits per heavy atom. The Kier molecular flexibility index (Phi) is 12.2. The molecule has 1 amide bonds. The second kappa shape index (κ2) is 15.3. The maximum absolute atomic E-state index is 13.3. The van der Waals surface area contributed by atoms with E-state index in [1.54, 1.807) is 12.1 Å². The molecule has 11 heteroatoms. The summed E-state index contributed by atoms with van der Waals surface area (Å²) in [7, 11) is 5.03. The van der Waals surface area contributed by atoms with Gasteiger partial charge in [-0.2, -0.15) is 0 Å². The van der Waals surface area contributed by atoms with Crippen molar-refractivity contribution < 1.29 is 17.9 Å². The summed E-state index contributed by atoms with van der Waals surface area (Å²) in [5.41, 5.74) is 3.42. The minimum absolute atomic E-state index is 0.114. The summed E-state index contributed by atoms with van der Waals surface area (Å²) < 4.78 is 33.5. The van der Waals surface area contributed by atoms with Crippen molar-refractivity contribution in [2.75, 3.05) is 92.6 Å². The van der Waals surface area contributed by atoms with Gasteiger partial charge in [0.2, 0.25) is 10.0 Å². The number of benzene rings is 2. The highest BCUT2D eigenvalue weighted by atomic mass is 32.2. The molecule has 1 saturated heterocycles. The number of likely N-dealkylation sites (N-methyl/N-ethyl adjacent to an activating group) is 1. The molecule has 0 bridgehead atoms. The first-order chi connectivity index (χ1) is 19.2. The maximum Gasteiger partial charge on any atom is 0.257 e. The summed E-state index contributed by atoms with van der Waals surface area (Å²) in [6.45, 7) is 6.33. The summed E-state index contributed by atoms with van der Waals surface area (Å²) in [4.78, 5) is 19.3. The van der Waals surface area contributed by atoms with E-state index in [0.29, 0.717) is 12.2 Å². The smallest absolute Gasteiger partial charge is 0.257 e. The van der Waals surface area contributed by atoms with E-state index >= 15 is 0 Å². The number of piperazine rings is 1. The third kappa shape index (κ3) is 8.65. The SMILES string of the molecule is CN1CCN(c2cccc(OCC(=O)NCCCN3CCc4ccccc4C3)c2S(=O)(=O)N(C)C)CC1.CNC. The van der Waals surface area contributed by atoms with E-state index < -0.39 is 10.0 Å². The standard InChI is InChI=1S/C27H39N5O4S.C2H7N/c1-29(2)37(34,35)27-24(32-18-16-30(3)17-19-32)10-6-11-25(27)36-21-26(33)28-13-7-14-31-15-12-22-8-4-5-9-23(22)20-31;1-3-2/h4-6,8-11H,7,12-21H2,1-3H3,(H,28,33);3H,1-2H3. The zero-order chi connectivity index (χ0) is 29.1. The van der Waals surface area contributed by atoms with Gasteiger partial charge in [-0.05, 0) is 57.2 Å². The van der Waals surface area contributed by atoms with Gasteiger partial charge in [0.15, 0.2) is 6.61 Å². The molecule has 0 unspecified atom stereocenters. The van der Waals surface area contributed by atoms with Gasteiger partial charge in [-0.3, -0.25) is 9.69 Å². The van der Waals surface area contributed by atoms with Crippen LogP contribution in [0, 0.1) is 0 Å². The lowest BCUT2D eigenvalue weighted by molar-refractivity contribution is -0.123. The van der Waals surface area contributed by atoms with Crippen molar-refractivity contribution in [3.8, 4) is 5.75 Å². The van der Waals surface area contributed by atoms with Gasteiger partial charge < -0.3 is 25.2 Å². The van der Waals surface area contributed by atoms with Gasteiger partial charge in [-0.1, -0.05) is 30.3 Å². The van der Waals surface area contributed by atoms with Crippen LogP contribution in [0.3, 0.4) is 0 Å². The predicted octanol–water partition coefficient (Wildman–Crippen LogP) is 1.47. The topological polar surface area (TPSA) is 97.5 Å². The number of amides is 1. The average Bonchev–Trinajstić information content (AvgIpc) is 2.94. The van der Waals surface area contributed by atoms with E-state index in [4.69, 9.17) is 4.74 Å². The van der Waals surface area contributed by atoms with E-state index in [0.717, 1.165) is 58.7 Å². The summed E-state index contributed by atoms with van der Waals surface area (Å²) in [5, 5.41) is 5.66. The number of nitrogens with zero attached hydrogens (tertiary/aromatic N) is 4. The molecular formula is C29H46N6O4S. The molecule has 0 aliphatic carbocycles. The lowest BCUT2D eigenvalue weighted by Gasteiger charge is -2.35. The lowest BCUT2D eigenvalue weighted by Crippen LogP contribution is -2.45. The first kappa shape index (κ1) is 31.8. The second-order valence-corrected chi connectivity index (χ2v) is 12.6. The number of ether oxygens (including phenoxy) is 1. The monoisotopic (exact) mass is 574 g/mol. The Labute approximate surface area is 240 Å². The molecule has 2 N–H and O–H groups in total. The highest BCUT2D eigenvalue weighted by Crippen LogP contribution is 2.36. The highest BCUT2D eigenvalue weighted by Gasteiger charge is 2.30. The van der Waals surface area contributed by atoms with Gasteiger partial charge in [0, 0.05) is 66.5 Å². The van der Waals surface area contributed by atoms with E-state index in [9.17, 15) is 13.2 Å². The number of rotatable bonds is 10. The van der Waals surface area contributed by atoms with Crippen LogP contribution in [-0.2, 0) is 27.8 Å². The minimum atomic E-state index is -3.79. The highest BCUT2D eigenvalue weighted by molar-refractivity contribution is 7.89. The second-order valence-electron chi connectivity index (χ2n) is 10.5. The molecule has 0 atom stereocenters. The first-order valence-corrected chi connectivity index (χ1v) is 15.4. The van der Waals surface area contributed by atoms with Crippen molar-refractivity contribution in [1.82, 2.24) is 24.7 Å². The predicted molar refractivity (Wildman–Crippen MR) is 161 cm³/mol. The van der Waals surface area contributed by atoms with Crippen LogP contribution in [0.4, 0.5) is 5.69 Å². The Hall–Kier alpha value is -2.70. The van der Waals surface area contributed by atoms with Crippen LogP contribution in [0.5, 0.6) is 5.75 Å². The quantitative estimate of drug-likeness (QED) is 0.412. The normalized spacial score (nSPS) is 16.2. The Morgan fingerprint density at radius 2 is 1.65 bits per heavy atom. The third-order valence-corrected chi connectivity index (χ3v) is 8.97.